The first kappa shape index (κ1) is 12.7. The molecule has 2 atom stereocenters. The Morgan fingerprint density at radius 2 is 1.56 bits per heavy atom. The Balaban J connectivity index is 2.25. The van der Waals surface area contributed by atoms with E-state index in [1.807, 2.05) is 30.3 Å². The fourth-order valence-electron chi connectivity index (χ4n) is 1.92. The fourth-order valence-corrected chi connectivity index (χ4v) is 1.92. The van der Waals surface area contributed by atoms with Crippen molar-refractivity contribution in [2.45, 2.75) is 12.2 Å². The summed E-state index contributed by atoms with van der Waals surface area (Å²) in [6.07, 6.45) is -1.28. The molecule has 0 aliphatic rings. The van der Waals surface area contributed by atoms with Crippen LogP contribution in [0.3, 0.4) is 0 Å². The van der Waals surface area contributed by atoms with Crippen molar-refractivity contribution in [3.8, 4) is 0 Å². The molecule has 18 heavy (non-hydrogen) atoms. The lowest BCUT2D eigenvalue weighted by atomic mass is 9.98. The van der Waals surface area contributed by atoms with E-state index in [1.165, 1.54) is 12.1 Å². The molecule has 0 fully saturated rings. The highest BCUT2D eigenvalue weighted by Gasteiger charge is 2.22. The molecule has 0 saturated carbocycles. The van der Waals surface area contributed by atoms with Crippen LogP contribution in [0.2, 0.25) is 0 Å². The minimum Gasteiger partial charge on any atom is -0.385 e. The van der Waals surface area contributed by atoms with Gasteiger partial charge in [-0.25, -0.2) is 4.39 Å². The average Bonchev–Trinajstić information content (AvgIpc) is 2.41. The first-order valence-corrected chi connectivity index (χ1v) is 5.73. The third kappa shape index (κ3) is 2.75. The van der Waals surface area contributed by atoms with E-state index in [0.29, 0.717) is 5.56 Å². The van der Waals surface area contributed by atoms with Crippen LogP contribution >= 0.6 is 0 Å². The highest BCUT2D eigenvalue weighted by Crippen LogP contribution is 2.31. The van der Waals surface area contributed by atoms with Gasteiger partial charge in [0.2, 0.25) is 0 Å². The van der Waals surface area contributed by atoms with Crippen molar-refractivity contribution in [3.63, 3.8) is 0 Å². The van der Waals surface area contributed by atoms with Gasteiger partial charge in [-0.3, -0.25) is 0 Å². The molecule has 94 valence electrons. The largest absolute Gasteiger partial charge is 0.385 e. The molecule has 0 spiro atoms. The summed E-state index contributed by atoms with van der Waals surface area (Å²) in [6, 6.07) is 15.2. The van der Waals surface area contributed by atoms with Crippen LogP contribution < -0.4 is 0 Å². The predicted octanol–water partition coefficient (Wildman–Crippen LogP) is 3.25. The fraction of sp³-hybridized carbons (Fsp3) is 0.200. The van der Waals surface area contributed by atoms with Gasteiger partial charge < -0.3 is 9.84 Å². The van der Waals surface area contributed by atoms with Crippen molar-refractivity contribution in [1.82, 2.24) is 0 Å². The van der Waals surface area contributed by atoms with E-state index in [2.05, 4.69) is 0 Å². The van der Waals surface area contributed by atoms with Gasteiger partial charge in [-0.05, 0) is 23.3 Å². The quantitative estimate of drug-likeness (QED) is 0.897. The van der Waals surface area contributed by atoms with Gasteiger partial charge in [0.1, 0.15) is 18.0 Å². The Labute approximate surface area is 106 Å². The molecule has 0 radical (unpaired) electrons. The Morgan fingerprint density at radius 3 is 2.11 bits per heavy atom. The molecule has 0 aliphatic carbocycles. The van der Waals surface area contributed by atoms with Gasteiger partial charge >= 0.3 is 0 Å². The third-order valence-corrected chi connectivity index (χ3v) is 2.88. The SMILES string of the molecule is COC(c1ccccc1)C(O)c1ccc(F)cc1. The maximum atomic E-state index is 12.8. The first-order valence-electron chi connectivity index (χ1n) is 5.73. The molecule has 3 heteroatoms. The molecular formula is C15H15FO2. The smallest absolute Gasteiger partial charge is 0.123 e. The number of benzene rings is 2. The predicted molar refractivity (Wildman–Crippen MR) is 67.6 cm³/mol. The molecule has 2 nitrogen and oxygen atoms in total. The van der Waals surface area contributed by atoms with Gasteiger partial charge in [0, 0.05) is 7.11 Å². The van der Waals surface area contributed by atoms with Gasteiger partial charge in [0.05, 0.1) is 0 Å². The van der Waals surface area contributed by atoms with Crippen molar-refractivity contribution >= 4 is 0 Å². The zero-order chi connectivity index (χ0) is 13.0. The summed E-state index contributed by atoms with van der Waals surface area (Å²) >= 11 is 0. The van der Waals surface area contributed by atoms with Crippen molar-refractivity contribution < 1.29 is 14.2 Å². The van der Waals surface area contributed by atoms with Crippen LogP contribution in [-0.4, -0.2) is 12.2 Å². The first-order chi connectivity index (χ1) is 8.72. The molecule has 2 aromatic rings. The summed E-state index contributed by atoms with van der Waals surface area (Å²) in [5.41, 5.74) is 1.52. The molecule has 0 aliphatic heterocycles. The molecular weight excluding hydrogens is 231 g/mol. The lowest BCUT2D eigenvalue weighted by Gasteiger charge is -2.22. The molecule has 1 N–H and O–H groups in total. The van der Waals surface area contributed by atoms with E-state index in [1.54, 1.807) is 19.2 Å². The molecule has 2 unspecified atom stereocenters. The van der Waals surface area contributed by atoms with Crippen LogP contribution in [0.15, 0.2) is 54.6 Å². The highest BCUT2D eigenvalue weighted by molar-refractivity contribution is 5.25. The van der Waals surface area contributed by atoms with Gasteiger partial charge in [-0.15, -0.1) is 0 Å². The van der Waals surface area contributed by atoms with Crippen molar-refractivity contribution in [2.75, 3.05) is 7.11 Å². The monoisotopic (exact) mass is 246 g/mol. The Hall–Kier alpha value is -1.71. The number of aliphatic hydroxyl groups is 1. The van der Waals surface area contributed by atoms with E-state index in [4.69, 9.17) is 4.74 Å². The second-order valence-electron chi connectivity index (χ2n) is 4.06. The zero-order valence-electron chi connectivity index (χ0n) is 10.1. The van der Waals surface area contributed by atoms with E-state index < -0.39 is 12.2 Å². The Bertz CT molecular complexity index is 482. The molecule has 0 amide bonds. The number of hydrogen-bond acceptors (Lipinski definition) is 2. The molecule has 0 heterocycles. The second kappa shape index (κ2) is 5.76. The van der Waals surface area contributed by atoms with Crippen LogP contribution in [0.5, 0.6) is 0 Å². The maximum absolute atomic E-state index is 12.8. The lowest BCUT2D eigenvalue weighted by Crippen LogP contribution is -2.12. The van der Waals surface area contributed by atoms with Crippen molar-refractivity contribution in [3.05, 3.63) is 71.5 Å². The molecule has 0 aromatic heterocycles. The van der Waals surface area contributed by atoms with Crippen molar-refractivity contribution in [2.24, 2.45) is 0 Å². The summed E-state index contributed by atoms with van der Waals surface area (Å²) in [5, 5.41) is 10.3. The van der Waals surface area contributed by atoms with E-state index in [0.717, 1.165) is 5.56 Å². The number of rotatable bonds is 4. The minimum atomic E-state index is -0.821. The van der Waals surface area contributed by atoms with Gasteiger partial charge in [0.15, 0.2) is 0 Å². The second-order valence-corrected chi connectivity index (χ2v) is 4.06. The molecule has 2 rings (SSSR count). The van der Waals surface area contributed by atoms with E-state index >= 15 is 0 Å². The number of halogens is 1. The molecule has 0 bridgehead atoms. The van der Waals surface area contributed by atoms with Crippen LogP contribution in [0, 0.1) is 5.82 Å². The molecule has 0 saturated heterocycles. The Kier molecular flexibility index (Phi) is 4.07. The standard InChI is InChI=1S/C15H15FO2/c1-18-15(12-5-3-2-4-6-12)14(17)11-7-9-13(16)10-8-11/h2-10,14-15,17H,1H3. The van der Waals surface area contributed by atoms with Crippen LogP contribution in [0.25, 0.3) is 0 Å². The van der Waals surface area contributed by atoms with Crippen LogP contribution in [-0.2, 0) is 4.74 Å². The van der Waals surface area contributed by atoms with E-state index in [-0.39, 0.29) is 5.82 Å². The maximum Gasteiger partial charge on any atom is 0.123 e. The Morgan fingerprint density at radius 1 is 0.944 bits per heavy atom. The van der Waals surface area contributed by atoms with E-state index in [9.17, 15) is 9.50 Å². The van der Waals surface area contributed by atoms with Crippen molar-refractivity contribution in [1.29, 1.82) is 0 Å². The zero-order valence-corrected chi connectivity index (χ0v) is 10.1. The number of methoxy groups -OCH3 is 1. The number of ether oxygens (including phenoxy) is 1. The number of hydrogen-bond donors (Lipinski definition) is 1. The summed E-state index contributed by atoms with van der Waals surface area (Å²) in [7, 11) is 1.55. The summed E-state index contributed by atoms with van der Waals surface area (Å²) in [4.78, 5) is 0. The van der Waals surface area contributed by atoms with Crippen LogP contribution in [0.1, 0.15) is 23.3 Å². The molecule has 2 aromatic carbocycles. The summed E-state index contributed by atoms with van der Waals surface area (Å²) in [6.45, 7) is 0. The number of aliphatic hydroxyl groups excluding tert-OH is 1. The topological polar surface area (TPSA) is 29.5 Å². The van der Waals surface area contributed by atoms with Gasteiger partial charge in [-0.2, -0.15) is 0 Å². The minimum absolute atomic E-state index is 0.320. The van der Waals surface area contributed by atoms with Gasteiger partial charge in [0.25, 0.3) is 0 Å². The summed E-state index contributed by atoms with van der Waals surface area (Å²) < 4.78 is 18.2. The third-order valence-electron chi connectivity index (χ3n) is 2.88. The summed E-state index contributed by atoms with van der Waals surface area (Å²) in [5.74, 6) is -0.320. The normalized spacial score (nSPS) is 14.2. The van der Waals surface area contributed by atoms with Crippen LogP contribution in [0.4, 0.5) is 4.39 Å². The average molecular weight is 246 g/mol. The lowest BCUT2D eigenvalue weighted by molar-refractivity contribution is -0.0149. The highest BCUT2D eigenvalue weighted by atomic mass is 19.1. The van der Waals surface area contributed by atoms with Gasteiger partial charge in [-0.1, -0.05) is 42.5 Å².